The van der Waals surface area contributed by atoms with Gasteiger partial charge in [-0.2, -0.15) is 0 Å². The van der Waals surface area contributed by atoms with Gasteiger partial charge in [0.05, 0.1) is 26.2 Å². The minimum atomic E-state index is -0.0694. The Morgan fingerprint density at radius 3 is 2.86 bits per heavy atom. The number of benzene rings is 1. The summed E-state index contributed by atoms with van der Waals surface area (Å²) in [5.74, 6) is 3.17. The molecule has 1 atom stereocenters. The molecule has 1 amide bonds. The number of amides is 1. The van der Waals surface area contributed by atoms with E-state index in [0.717, 1.165) is 11.3 Å². The molecule has 0 saturated carbocycles. The number of rotatable bonds is 8. The van der Waals surface area contributed by atoms with Gasteiger partial charge in [0.2, 0.25) is 5.91 Å². The number of hydrogen-bond acceptors (Lipinski definition) is 4. The minimum absolute atomic E-state index is 0.0694. The Balaban J connectivity index is 2.62. The zero-order chi connectivity index (χ0) is 15.7. The first-order valence-corrected chi connectivity index (χ1v) is 6.79. The van der Waals surface area contributed by atoms with Crippen molar-refractivity contribution < 1.29 is 9.53 Å². The van der Waals surface area contributed by atoms with E-state index in [2.05, 4.69) is 21.5 Å². The van der Waals surface area contributed by atoms with Crippen LogP contribution in [0, 0.1) is 12.3 Å². The number of methoxy groups -OCH3 is 1. The first-order chi connectivity index (χ1) is 10.1. The molecule has 5 nitrogen and oxygen atoms in total. The van der Waals surface area contributed by atoms with E-state index in [0.29, 0.717) is 13.1 Å². The summed E-state index contributed by atoms with van der Waals surface area (Å²) in [4.78, 5) is 13.8. The molecule has 5 heteroatoms. The van der Waals surface area contributed by atoms with Crippen LogP contribution >= 0.6 is 0 Å². The summed E-state index contributed by atoms with van der Waals surface area (Å²) >= 11 is 0. The van der Waals surface area contributed by atoms with Crippen molar-refractivity contribution in [1.29, 1.82) is 0 Å². The number of likely N-dealkylation sites (N-methyl/N-ethyl adjacent to an activating group) is 1. The average molecular weight is 289 g/mol. The molecule has 21 heavy (non-hydrogen) atoms. The highest BCUT2D eigenvalue weighted by molar-refractivity contribution is 5.78. The van der Waals surface area contributed by atoms with Crippen LogP contribution in [0.1, 0.15) is 11.6 Å². The summed E-state index contributed by atoms with van der Waals surface area (Å²) in [5, 5.41) is 5.77. The second kappa shape index (κ2) is 9.01. The van der Waals surface area contributed by atoms with Crippen LogP contribution in [0.4, 0.5) is 0 Å². The van der Waals surface area contributed by atoms with E-state index < -0.39 is 0 Å². The predicted octanol–water partition coefficient (Wildman–Crippen LogP) is 0.637. The van der Waals surface area contributed by atoms with Crippen molar-refractivity contribution in [1.82, 2.24) is 15.5 Å². The fourth-order valence-electron chi connectivity index (χ4n) is 1.97. The summed E-state index contributed by atoms with van der Waals surface area (Å²) in [5.41, 5.74) is 1.09. The molecule has 0 aliphatic carbocycles. The SMILES string of the molecule is C#CCNCC(=O)NCC(c1cccc(OC)c1)N(C)C. The normalized spacial score (nSPS) is 11.8. The predicted molar refractivity (Wildman–Crippen MR) is 84.1 cm³/mol. The molecule has 1 unspecified atom stereocenters. The van der Waals surface area contributed by atoms with E-state index in [9.17, 15) is 4.79 Å². The van der Waals surface area contributed by atoms with Gasteiger partial charge in [-0.1, -0.05) is 18.1 Å². The lowest BCUT2D eigenvalue weighted by atomic mass is 10.1. The van der Waals surface area contributed by atoms with Crippen molar-refractivity contribution in [2.45, 2.75) is 6.04 Å². The third-order valence-electron chi connectivity index (χ3n) is 3.11. The molecule has 0 bridgehead atoms. The van der Waals surface area contributed by atoms with Gasteiger partial charge >= 0.3 is 0 Å². The number of nitrogens with zero attached hydrogens (tertiary/aromatic N) is 1. The quantitative estimate of drug-likeness (QED) is 0.545. The van der Waals surface area contributed by atoms with E-state index >= 15 is 0 Å². The molecule has 0 spiro atoms. The molecule has 2 N–H and O–H groups in total. The Morgan fingerprint density at radius 2 is 2.24 bits per heavy atom. The van der Waals surface area contributed by atoms with Gasteiger partial charge in [0.25, 0.3) is 0 Å². The van der Waals surface area contributed by atoms with Gasteiger partial charge < -0.3 is 15.0 Å². The number of carbonyl (C=O) groups is 1. The van der Waals surface area contributed by atoms with Gasteiger partial charge in [-0.25, -0.2) is 0 Å². The third kappa shape index (κ3) is 5.86. The lowest BCUT2D eigenvalue weighted by Crippen LogP contribution is -2.39. The fraction of sp³-hybridized carbons (Fsp3) is 0.438. The van der Waals surface area contributed by atoms with Gasteiger partial charge in [0.15, 0.2) is 0 Å². The number of ether oxygens (including phenoxy) is 1. The van der Waals surface area contributed by atoms with E-state index in [1.54, 1.807) is 7.11 Å². The molecule has 0 radical (unpaired) electrons. The lowest BCUT2D eigenvalue weighted by Gasteiger charge is -2.25. The number of nitrogens with one attached hydrogen (secondary N) is 2. The van der Waals surface area contributed by atoms with E-state index in [1.807, 2.05) is 38.4 Å². The number of terminal acetylenes is 1. The molecule has 1 rings (SSSR count). The maximum Gasteiger partial charge on any atom is 0.234 e. The fourth-order valence-corrected chi connectivity index (χ4v) is 1.97. The molecule has 0 aliphatic rings. The topological polar surface area (TPSA) is 53.6 Å². The maximum absolute atomic E-state index is 11.7. The zero-order valence-corrected chi connectivity index (χ0v) is 12.8. The highest BCUT2D eigenvalue weighted by Crippen LogP contribution is 2.21. The van der Waals surface area contributed by atoms with Gasteiger partial charge in [-0.15, -0.1) is 6.42 Å². The summed E-state index contributed by atoms with van der Waals surface area (Å²) in [6.45, 7) is 1.14. The summed E-state index contributed by atoms with van der Waals surface area (Å²) in [6.07, 6.45) is 5.12. The van der Waals surface area contributed by atoms with Gasteiger partial charge in [-0.3, -0.25) is 10.1 Å². The molecule has 0 aliphatic heterocycles. The first-order valence-electron chi connectivity index (χ1n) is 6.79. The molecular weight excluding hydrogens is 266 g/mol. The Hall–Kier alpha value is -2.03. The summed E-state index contributed by atoms with van der Waals surface area (Å²) in [6, 6.07) is 7.93. The number of carbonyl (C=O) groups excluding carboxylic acids is 1. The van der Waals surface area contributed by atoms with E-state index in [4.69, 9.17) is 11.2 Å². The Bertz CT molecular complexity index is 495. The van der Waals surface area contributed by atoms with E-state index in [1.165, 1.54) is 0 Å². The van der Waals surface area contributed by atoms with Crippen molar-refractivity contribution in [3.63, 3.8) is 0 Å². The van der Waals surface area contributed by atoms with Crippen LogP contribution in [-0.4, -0.2) is 51.6 Å². The monoisotopic (exact) mass is 289 g/mol. The molecule has 114 valence electrons. The highest BCUT2D eigenvalue weighted by atomic mass is 16.5. The second-order valence-electron chi connectivity index (χ2n) is 4.87. The minimum Gasteiger partial charge on any atom is -0.497 e. The molecule has 0 heterocycles. The third-order valence-corrected chi connectivity index (χ3v) is 3.11. The van der Waals surface area contributed by atoms with Crippen molar-refractivity contribution >= 4 is 5.91 Å². The average Bonchev–Trinajstić information content (AvgIpc) is 2.47. The Labute approximate surface area is 126 Å². The smallest absolute Gasteiger partial charge is 0.234 e. The molecule has 1 aromatic carbocycles. The standard InChI is InChI=1S/C16H23N3O2/c1-5-9-17-12-16(20)18-11-15(19(2)3)13-7-6-8-14(10-13)21-4/h1,6-8,10,15,17H,9,11-12H2,2-4H3,(H,18,20). The molecule has 0 saturated heterocycles. The summed E-state index contributed by atoms with van der Waals surface area (Å²) < 4.78 is 5.24. The van der Waals surface area contributed by atoms with Crippen LogP contribution < -0.4 is 15.4 Å². The first kappa shape index (κ1) is 17.0. The van der Waals surface area contributed by atoms with Crippen molar-refractivity contribution in [2.24, 2.45) is 0 Å². The number of hydrogen-bond donors (Lipinski definition) is 2. The van der Waals surface area contributed by atoms with Crippen LogP contribution in [0.3, 0.4) is 0 Å². The lowest BCUT2D eigenvalue weighted by molar-refractivity contribution is -0.120. The van der Waals surface area contributed by atoms with Gasteiger partial charge in [0, 0.05) is 6.54 Å². The largest absolute Gasteiger partial charge is 0.497 e. The molecule has 0 aromatic heterocycles. The second-order valence-corrected chi connectivity index (χ2v) is 4.87. The van der Waals surface area contributed by atoms with Crippen molar-refractivity contribution in [3.8, 4) is 18.1 Å². The van der Waals surface area contributed by atoms with Gasteiger partial charge in [-0.05, 0) is 31.8 Å². The Morgan fingerprint density at radius 1 is 1.48 bits per heavy atom. The van der Waals surface area contributed by atoms with E-state index in [-0.39, 0.29) is 18.5 Å². The molecule has 0 fully saturated rings. The van der Waals surface area contributed by atoms with Crippen LogP contribution in [-0.2, 0) is 4.79 Å². The van der Waals surface area contributed by atoms with Crippen LogP contribution in [0.2, 0.25) is 0 Å². The van der Waals surface area contributed by atoms with Gasteiger partial charge in [0.1, 0.15) is 5.75 Å². The molecule has 1 aromatic rings. The molecular formula is C16H23N3O2. The Kier molecular flexibility index (Phi) is 7.30. The van der Waals surface area contributed by atoms with Crippen LogP contribution in [0.25, 0.3) is 0 Å². The van der Waals surface area contributed by atoms with Crippen LogP contribution in [0.5, 0.6) is 5.75 Å². The maximum atomic E-state index is 11.7. The van der Waals surface area contributed by atoms with Crippen molar-refractivity contribution in [2.75, 3.05) is 40.8 Å². The van der Waals surface area contributed by atoms with Crippen LogP contribution in [0.15, 0.2) is 24.3 Å². The zero-order valence-electron chi connectivity index (χ0n) is 12.8. The summed E-state index contributed by atoms with van der Waals surface area (Å²) in [7, 11) is 5.60. The highest BCUT2D eigenvalue weighted by Gasteiger charge is 2.15. The van der Waals surface area contributed by atoms with Crippen molar-refractivity contribution in [3.05, 3.63) is 29.8 Å².